The minimum atomic E-state index is -5.14. The van der Waals surface area contributed by atoms with Crippen molar-refractivity contribution in [2.45, 2.75) is 32.3 Å². The standard InChI is InChI=1S/C24H26F3N7O3/c1-3-4-13-34-18-19(30-22(32(2)20(18)35)29-11-10-16-8-6-5-7-9-16)31-23(34)33-14-12-28-15-17(33)37-21(36)24(25,26)27/h5-9,17,28H,10-15H2,1-2H3,(H,29,30). The maximum Gasteiger partial charge on any atom is 0.491 e. The molecule has 1 aliphatic rings. The second-order valence-electron chi connectivity index (χ2n) is 8.31. The summed E-state index contributed by atoms with van der Waals surface area (Å²) in [6.45, 7) is 2.72. The van der Waals surface area contributed by atoms with E-state index in [4.69, 9.17) is 4.74 Å². The molecule has 13 heteroatoms. The number of nitrogens with zero attached hydrogens (tertiary/aromatic N) is 5. The number of halogens is 3. The van der Waals surface area contributed by atoms with Crippen LogP contribution in [0.15, 0.2) is 35.1 Å². The first-order chi connectivity index (χ1) is 17.7. The second-order valence-corrected chi connectivity index (χ2v) is 8.31. The van der Waals surface area contributed by atoms with E-state index in [2.05, 4.69) is 32.4 Å². The number of imidazole rings is 1. The molecule has 2 aromatic heterocycles. The Morgan fingerprint density at radius 1 is 1.27 bits per heavy atom. The van der Waals surface area contributed by atoms with Gasteiger partial charge in [0.2, 0.25) is 11.9 Å². The first-order valence-corrected chi connectivity index (χ1v) is 11.6. The molecule has 1 unspecified atom stereocenters. The van der Waals surface area contributed by atoms with E-state index >= 15 is 0 Å². The fourth-order valence-electron chi connectivity index (χ4n) is 4.00. The second kappa shape index (κ2) is 10.9. The van der Waals surface area contributed by atoms with Crippen molar-refractivity contribution in [3.05, 3.63) is 46.2 Å². The van der Waals surface area contributed by atoms with Crippen molar-refractivity contribution in [1.29, 1.82) is 0 Å². The molecule has 2 N–H and O–H groups in total. The molecule has 1 aromatic carbocycles. The van der Waals surface area contributed by atoms with E-state index in [1.165, 1.54) is 14.0 Å². The lowest BCUT2D eigenvalue weighted by atomic mass is 10.1. The molecule has 4 rings (SSSR count). The Morgan fingerprint density at radius 2 is 2.03 bits per heavy atom. The van der Waals surface area contributed by atoms with Crippen molar-refractivity contribution in [2.75, 3.05) is 36.4 Å². The predicted molar refractivity (Wildman–Crippen MR) is 131 cm³/mol. The van der Waals surface area contributed by atoms with Gasteiger partial charge in [-0.3, -0.25) is 13.9 Å². The normalized spacial score (nSPS) is 15.8. The van der Waals surface area contributed by atoms with Gasteiger partial charge in [-0.1, -0.05) is 36.3 Å². The topological polar surface area (TPSA) is 106 Å². The van der Waals surface area contributed by atoms with Crippen molar-refractivity contribution in [3.8, 4) is 11.8 Å². The van der Waals surface area contributed by atoms with Crippen LogP contribution in [-0.4, -0.2) is 63.7 Å². The molecule has 1 atom stereocenters. The van der Waals surface area contributed by atoms with Gasteiger partial charge in [-0.25, -0.2) is 4.79 Å². The van der Waals surface area contributed by atoms with Crippen molar-refractivity contribution < 1.29 is 22.7 Å². The van der Waals surface area contributed by atoms with E-state index in [1.807, 2.05) is 30.3 Å². The minimum absolute atomic E-state index is 0.0455. The number of alkyl halides is 3. The van der Waals surface area contributed by atoms with E-state index in [0.717, 1.165) is 5.56 Å². The van der Waals surface area contributed by atoms with E-state index in [-0.39, 0.29) is 36.7 Å². The molecule has 1 aliphatic heterocycles. The number of hydrogen-bond donors (Lipinski definition) is 2. The summed E-state index contributed by atoms with van der Waals surface area (Å²) in [7, 11) is 1.57. The van der Waals surface area contributed by atoms with Gasteiger partial charge in [-0.05, 0) is 18.9 Å². The summed E-state index contributed by atoms with van der Waals surface area (Å²) in [5.74, 6) is 3.75. The van der Waals surface area contributed by atoms with Gasteiger partial charge in [0, 0.05) is 26.7 Å². The Hall–Kier alpha value is -4.05. The number of aromatic nitrogens is 4. The molecule has 0 bridgehead atoms. The van der Waals surface area contributed by atoms with Gasteiger partial charge >= 0.3 is 12.1 Å². The van der Waals surface area contributed by atoms with Crippen molar-refractivity contribution >= 4 is 29.0 Å². The van der Waals surface area contributed by atoms with Crippen LogP contribution in [0, 0.1) is 11.8 Å². The molecule has 0 radical (unpaired) electrons. The van der Waals surface area contributed by atoms with Gasteiger partial charge in [0.25, 0.3) is 5.56 Å². The van der Waals surface area contributed by atoms with Crippen LogP contribution in [0.3, 0.4) is 0 Å². The summed E-state index contributed by atoms with van der Waals surface area (Å²) >= 11 is 0. The molecule has 1 fully saturated rings. The number of rotatable bonds is 7. The van der Waals surface area contributed by atoms with Crippen LogP contribution in [0.2, 0.25) is 0 Å². The van der Waals surface area contributed by atoms with Crippen LogP contribution >= 0.6 is 0 Å². The van der Waals surface area contributed by atoms with Crippen LogP contribution in [0.25, 0.3) is 11.2 Å². The molecule has 0 amide bonds. The summed E-state index contributed by atoms with van der Waals surface area (Å²) in [6.07, 6.45) is -5.73. The largest absolute Gasteiger partial charge is 0.491 e. The maximum atomic E-state index is 13.4. The molecular weight excluding hydrogens is 491 g/mol. The fraction of sp³-hybridized carbons (Fsp3) is 0.417. The zero-order chi connectivity index (χ0) is 26.6. The molecule has 0 aliphatic carbocycles. The molecule has 0 saturated carbocycles. The first kappa shape index (κ1) is 26.0. The number of carbonyl (C=O) groups is 1. The number of ether oxygens (including phenoxy) is 1. The third kappa shape index (κ3) is 5.69. The number of anilines is 2. The number of carbonyl (C=O) groups excluding carboxylic acids is 1. The Bertz CT molecular complexity index is 1390. The Balaban J connectivity index is 1.70. The summed E-state index contributed by atoms with van der Waals surface area (Å²) in [5, 5.41) is 6.07. The summed E-state index contributed by atoms with van der Waals surface area (Å²) < 4.78 is 46.3. The smallest absolute Gasteiger partial charge is 0.433 e. The lowest BCUT2D eigenvalue weighted by molar-refractivity contribution is -0.205. The molecule has 0 spiro atoms. The highest BCUT2D eigenvalue weighted by Crippen LogP contribution is 2.25. The molecule has 37 heavy (non-hydrogen) atoms. The third-order valence-corrected chi connectivity index (χ3v) is 5.85. The number of hydrogen-bond acceptors (Lipinski definition) is 8. The molecule has 3 aromatic rings. The number of esters is 1. The van der Waals surface area contributed by atoms with Crippen LogP contribution < -0.4 is 21.1 Å². The van der Waals surface area contributed by atoms with E-state index in [9.17, 15) is 22.8 Å². The molecular formula is C24H26F3N7O3. The minimum Gasteiger partial charge on any atom is -0.433 e. The summed E-state index contributed by atoms with van der Waals surface area (Å²) in [4.78, 5) is 35.4. The highest BCUT2D eigenvalue weighted by Gasteiger charge is 2.44. The Morgan fingerprint density at radius 3 is 2.73 bits per heavy atom. The van der Waals surface area contributed by atoms with Gasteiger partial charge in [-0.15, -0.1) is 5.92 Å². The summed E-state index contributed by atoms with van der Waals surface area (Å²) in [6, 6.07) is 9.81. The number of benzene rings is 1. The lowest BCUT2D eigenvalue weighted by Crippen LogP contribution is -2.55. The van der Waals surface area contributed by atoms with Crippen molar-refractivity contribution in [2.24, 2.45) is 7.05 Å². The third-order valence-electron chi connectivity index (χ3n) is 5.85. The van der Waals surface area contributed by atoms with E-state index in [0.29, 0.717) is 25.5 Å². The van der Waals surface area contributed by atoms with E-state index in [1.54, 1.807) is 14.0 Å². The van der Waals surface area contributed by atoms with Crippen molar-refractivity contribution in [1.82, 2.24) is 24.4 Å². The van der Waals surface area contributed by atoms with Crippen LogP contribution in [-0.2, 0) is 29.5 Å². The molecule has 3 heterocycles. The highest BCUT2D eigenvalue weighted by molar-refractivity contribution is 5.77. The molecule has 1 saturated heterocycles. The quantitative estimate of drug-likeness (QED) is 0.360. The average molecular weight is 518 g/mol. The average Bonchev–Trinajstić information content (AvgIpc) is 3.24. The highest BCUT2D eigenvalue weighted by atomic mass is 19.4. The van der Waals surface area contributed by atoms with E-state index < -0.39 is 23.9 Å². The lowest BCUT2D eigenvalue weighted by Gasteiger charge is -2.36. The van der Waals surface area contributed by atoms with Crippen LogP contribution in [0.1, 0.15) is 12.5 Å². The maximum absolute atomic E-state index is 13.4. The van der Waals surface area contributed by atoms with Crippen LogP contribution in [0.4, 0.5) is 25.1 Å². The number of fused-ring (bicyclic) bond motifs is 1. The number of nitrogens with one attached hydrogen (secondary N) is 2. The van der Waals surface area contributed by atoms with Gasteiger partial charge in [0.15, 0.2) is 17.4 Å². The van der Waals surface area contributed by atoms with Gasteiger partial charge in [-0.2, -0.15) is 23.1 Å². The van der Waals surface area contributed by atoms with Crippen LogP contribution in [0.5, 0.6) is 0 Å². The first-order valence-electron chi connectivity index (χ1n) is 11.6. The zero-order valence-electron chi connectivity index (χ0n) is 20.3. The fourth-order valence-corrected chi connectivity index (χ4v) is 4.00. The Labute approximate surface area is 210 Å². The predicted octanol–water partition coefficient (Wildman–Crippen LogP) is 1.65. The molecule has 10 nitrogen and oxygen atoms in total. The van der Waals surface area contributed by atoms with Gasteiger partial charge in [0.1, 0.15) is 0 Å². The van der Waals surface area contributed by atoms with Crippen molar-refractivity contribution in [3.63, 3.8) is 0 Å². The SMILES string of the molecule is CC#CCn1c(N2CCNCC2OC(=O)C(F)(F)F)nc2nc(NCCc3ccccc3)n(C)c(=O)c21. The Kier molecular flexibility index (Phi) is 7.68. The summed E-state index contributed by atoms with van der Waals surface area (Å²) in [5.41, 5.74) is 0.970. The van der Waals surface area contributed by atoms with Gasteiger partial charge < -0.3 is 20.3 Å². The zero-order valence-corrected chi connectivity index (χ0v) is 20.3. The van der Waals surface area contributed by atoms with Gasteiger partial charge in [0.05, 0.1) is 13.1 Å². The molecule has 196 valence electrons. The monoisotopic (exact) mass is 517 g/mol. The number of piperazine rings is 1.